The van der Waals surface area contributed by atoms with Crippen molar-refractivity contribution in [2.24, 2.45) is 0 Å². The van der Waals surface area contributed by atoms with Crippen molar-refractivity contribution in [3.63, 3.8) is 0 Å². The number of aryl methyl sites for hydroxylation is 1. The summed E-state index contributed by atoms with van der Waals surface area (Å²) in [5, 5.41) is 8.54. The highest BCUT2D eigenvalue weighted by Gasteiger charge is 2.26. The number of carbonyl (C=O) groups is 1. The van der Waals surface area contributed by atoms with Crippen LogP contribution in [-0.4, -0.2) is 63.5 Å². The normalized spacial score (nSPS) is 16.7. The minimum atomic E-state index is 0.0308. The quantitative estimate of drug-likeness (QED) is 0.690. The standard InChI is InChI=1S/C20H21N5O3/c1-14-19(16-3-2-6-21-25(16)22-14)20(26)24-9-7-23(8-10-24)12-15-4-5-17-18(11-15)28-13-27-17/h2-6,11H,7-10,12-13H2,1H3. The van der Waals surface area contributed by atoms with E-state index in [1.165, 1.54) is 10.2 Å². The molecule has 0 atom stereocenters. The maximum atomic E-state index is 13.1. The van der Waals surface area contributed by atoms with Crippen molar-refractivity contribution >= 4 is 11.4 Å². The van der Waals surface area contributed by atoms with Gasteiger partial charge in [0.15, 0.2) is 11.5 Å². The summed E-state index contributed by atoms with van der Waals surface area (Å²) in [6.45, 7) is 6.03. The van der Waals surface area contributed by atoms with Crippen molar-refractivity contribution in [3.05, 3.63) is 53.3 Å². The Morgan fingerprint density at radius 1 is 1.11 bits per heavy atom. The first-order chi connectivity index (χ1) is 13.7. The molecule has 0 unspecified atom stereocenters. The van der Waals surface area contributed by atoms with Gasteiger partial charge in [0, 0.05) is 38.9 Å². The van der Waals surface area contributed by atoms with E-state index < -0.39 is 0 Å². The Balaban J connectivity index is 1.25. The lowest BCUT2D eigenvalue weighted by Crippen LogP contribution is -2.48. The Labute approximate surface area is 162 Å². The molecule has 3 aromatic rings. The number of carbonyl (C=O) groups excluding carboxylic acids is 1. The third-order valence-corrected chi connectivity index (χ3v) is 5.31. The second-order valence-corrected chi connectivity index (χ2v) is 7.11. The fraction of sp³-hybridized carbons (Fsp3) is 0.350. The largest absolute Gasteiger partial charge is 0.454 e. The van der Waals surface area contributed by atoms with E-state index in [4.69, 9.17) is 9.47 Å². The number of amides is 1. The number of piperazine rings is 1. The molecule has 2 aromatic heterocycles. The van der Waals surface area contributed by atoms with Gasteiger partial charge < -0.3 is 14.4 Å². The van der Waals surface area contributed by atoms with Gasteiger partial charge >= 0.3 is 0 Å². The molecule has 2 aliphatic rings. The number of aromatic nitrogens is 3. The van der Waals surface area contributed by atoms with Crippen LogP contribution in [0.5, 0.6) is 11.5 Å². The zero-order chi connectivity index (χ0) is 19.1. The average Bonchev–Trinajstić information content (AvgIpc) is 3.31. The molecule has 1 fully saturated rings. The molecule has 0 N–H and O–H groups in total. The van der Waals surface area contributed by atoms with Crippen LogP contribution in [0.4, 0.5) is 0 Å². The van der Waals surface area contributed by atoms with Crippen LogP contribution in [0.2, 0.25) is 0 Å². The lowest BCUT2D eigenvalue weighted by atomic mass is 10.1. The van der Waals surface area contributed by atoms with Crippen molar-refractivity contribution in [1.29, 1.82) is 0 Å². The van der Waals surface area contributed by atoms with Crippen LogP contribution < -0.4 is 9.47 Å². The predicted octanol–water partition coefficient (Wildman–Crippen LogP) is 1.72. The van der Waals surface area contributed by atoms with Gasteiger partial charge in [-0.1, -0.05) is 6.07 Å². The Kier molecular flexibility index (Phi) is 4.12. The van der Waals surface area contributed by atoms with Gasteiger partial charge in [0.2, 0.25) is 6.79 Å². The van der Waals surface area contributed by atoms with Crippen LogP contribution in [0.1, 0.15) is 21.6 Å². The zero-order valence-electron chi connectivity index (χ0n) is 15.7. The minimum Gasteiger partial charge on any atom is -0.454 e. The summed E-state index contributed by atoms with van der Waals surface area (Å²) < 4.78 is 12.4. The number of nitrogens with zero attached hydrogens (tertiary/aromatic N) is 5. The summed E-state index contributed by atoms with van der Waals surface area (Å²) in [7, 11) is 0. The van der Waals surface area contributed by atoms with Gasteiger partial charge in [0.05, 0.1) is 11.3 Å². The molecule has 28 heavy (non-hydrogen) atoms. The highest BCUT2D eigenvalue weighted by atomic mass is 16.7. The smallest absolute Gasteiger partial charge is 0.258 e. The summed E-state index contributed by atoms with van der Waals surface area (Å²) in [5.41, 5.74) is 3.31. The van der Waals surface area contributed by atoms with Crippen LogP contribution in [0, 0.1) is 6.92 Å². The number of fused-ring (bicyclic) bond motifs is 2. The van der Waals surface area contributed by atoms with Crippen molar-refractivity contribution < 1.29 is 14.3 Å². The van der Waals surface area contributed by atoms with Gasteiger partial charge in [-0.2, -0.15) is 14.8 Å². The van der Waals surface area contributed by atoms with Gasteiger partial charge in [-0.05, 0) is 36.8 Å². The van der Waals surface area contributed by atoms with Crippen molar-refractivity contribution in [2.45, 2.75) is 13.5 Å². The summed E-state index contributed by atoms with van der Waals surface area (Å²) in [5.74, 6) is 1.64. The first kappa shape index (κ1) is 17.0. The molecule has 0 aliphatic carbocycles. The molecule has 4 heterocycles. The number of ether oxygens (including phenoxy) is 2. The lowest BCUT2D eigenvalue weighted by Gasteiger charge is -2.34. The SMILES string of the molecule is Cc1nn2ncccc2c1C(=O)N1CCN(Cc2ccc3c(c2)OCO3)CC1. The third kappa shape index (κ3) is 2.95. The predicted molar refractivity (Wildman–Crippen MR) is 101 cm³/mol. The van der Waals surface area contributed by atoms with Gasteiger partial charge in [0.25, 0.3) is 5.91 Å². The number of rotatable bonds is 3. The Morgan fingerprint density at radius 2 is 1.93 bits per heavy atom. The molecular formula is C20H21N5O3. The van der Waals surface area contributed by atoms with Crippen LogP contribution in [0.15, 0.2) is 36.5 Å². The number of hydrogen-bond donors (Lipinski definition) is 0. The monoisotopic (exact) mass is 379 g/mol. The van der Waals surface area contributed by atoms with Crippen LogP contribution >= 0.6 is 0 Å². The molecule has 1 aromatic carbocycles. The van der Waals surface area contributed by atoms with Gasteiger partial charge in [-0.15, -0.1) is 0 Å². The van der Waals surface area contributed by atoms with Crippen molar-refractivity contribution in [1.82, 2.24) is 24.6 Å². The first-order valence-corrected chi connectivity index (χ1v) is 9.40. The highest BCUT2D eigenvalue weighted by Crippen LogP contribution is 2.32. The maximum Gasteiger partial charge on any atom is 0.258 e. The van der Waals surface area contributed by atoms with E-state index in [0.717, 1.165) is 36.6 Å². The third-order valence-electron chi connectivity index (χ3n) is 5.31. The Hall–Kier alpha value is -3.13. The molecule has 2 aliphatic heterocycles. The van der Waals surface area contributed by atoms with E-state index in [1.807, 2.05) is 36.1 Å². The van der Waals surface area contributed by atoms with E-state index in [1.54, 1.807) is 6.20 Å². The number of benzene rings is 1. The summed E-state index contributed by atoms with van der Waals surface area (Å²) in [6, 6.07) is 9.78. The van der Waals surface area contributed by atoms with Crippen molar-refractivity contribution in [3.8, 4) is 11.5 Å². The van der Waals surface area contributed by atoms with E-state index >= 15 is 0 Å². The van der Waals surface area contributed by atoms with E-state index in [-0.39, 0.29) is 12.7 Å². The average molecular weight is 379 g/mol. The first-order valence-electron chi connectivity index (χ1n) is 9.40. The topological polar surface area (TPSA) is 72.2 Å². The highest BCUT2D eigenvalue weighted by molar-refractivity contribution is 6.01. The molecule has 144 valence electrons. The summed E-state index contributed by atoms with van der Waals surface area (Å²) in [6.07, 6.45) is 1.67. The van der Waals surface area contributed by atoms with E-state index in [2.05, 4.69) is 21.2 Å². The van der Waals surface area contributed by atoms with Crippen LogP contribution in [0.3, 0.4) is 0 Å². The lowest BCUT2D eigenvalue weighted by molar-refractivity contribution is 0.0629. The molecule has 8 heteroatoms. The van der Waals surface area contributed by atoms with Gasteiger partial charge in [-0.25, -0.2) is 0 Å². The number of hydrogen-bond acceptors (Lipinski definition) is 6. The fourth-order valence-electron chi connectivity index (χ4n) is 3.83. The van der Waals surface area contributed by atoms with Gasteiger partial charge in [-0.3, -0.25) is 9.69 Å². The molecule has 8 nitrogen and oxygen atoms in total. The second-order valence-electron chi connectivity index (χ2n) is 7.11. The second kappa shape index (κ2) is 6.79. The zero-order valence-corrected chi connectivity index (χ0v) is 15.7. The summed E-state index contributed by atoms with van der Waals surface area (Å²) in [4.78, 5) is 17.3. The minimum absolute atomic E-state index is 0.0308. The molecule has 1 saturated heterocycles. The Morgan fingerprint density at radius 3 is 2.79 bits per heavy atom. The molecule has 5 rings (SSSR count). The molecule has 0 radical (unpaired) electrons. The molecule has 1 amide bonds. The molecule has 0 bridgehead atoms. The molecule has 0 saturated carbocycles. The van der Waals surface area contributed by atoms with Crippen LogP contribution in [0.25, 0.3) is 5.52 Å². The van der Waals surface area contributed by atoms with Crippen molar-refractivity contribution in [2.75, 3.05) is 33.0 Å². The Bertz CT molecular complexity index is 1040. The summed E-state index contributed by atoms with van der Waals surface area (Å²) >= 11 is 0. The maximum absolute atomic E-state index is 13.1. The fourth-order valence-corrected chi connectivity index (χ4v) is 3.83. The van der Waals surface area contributed by atoms with E-state index in [9.17, 15) is 4.79 Å². The van der Waals surface area contributed by atoms with Crippen LogP contribution in [-0.2, 0) is 6.54 Å². The van der Waals surface area contributed by atoms with Gasteiger partial charge in [0.1, 0.15) is 5.52 Å². The molecule has 0 spiro atoms. The molecular weight excluding hydrogens is 358 g/mol. The van der Waals surface area contributed by atoms with E-state index in [0.29, 0.717) is 24.3 Å².